The number of aromatic nitrogens is 1. The second-order valence-corrected chi connectivity index (χ2v) is 6.87. The van der Waals surface area contributed by atoms with Crippen molar-refractivity contribution in [3.63, 3.8) is 0 Å². The highest BCUT2D eigenvalue weighted by Gasteiger charge is 2.15. The normalized spacial score (nSPS) is 10.6. The van der Waals surface area contributed by atoms with Crippen LogP contribution >= 0.6 is 22.9 Å². The molecular weight excluding hydrogens is 426 g/mol. The van der Waals surface area contributed by atoms with Crippen LogP contribution in [0.3, 0.4) is 0 Å². The fraction of sp³-hybridized carbons (Fsp3) is 0.105. The van der Waals surface area contributed by atoms with Gasteiger partial charge in [-0.2, -0.15) is 8.78 Å². The maximum Gasteiger partial charge on any atom is 0.387 e. The number of carbonyl (C=O) groups excluding carboxylic acids is 2. The van der Waals surface area contributed by atoms with E-state index in [1.165, 1.54) is 41.0 Å². The SMILES string of the molecule is O=C(COC(=O)c1csc(-c2cccc(Cl)c2)n1)Nc1ccc(OC(F)F)cc1. The van der Waals surface area contributed by atoms with Gasteiger partial charge in [0.1, 0.15) is 10.8 Å². The molecule has 6 nitrogen and oxygen atoms in total. The zero-order valence-corrected chi connectivity index (χ0v) is 16.2. The van der Waals surface area contributed by atoms with Crippen molar-refractivity contribution in [2.75, 3.05) is 11.9 Å². The Kier molecular flexibility index (Phi) is 6.73. The summed E-state index contributed by atoms with van der Waals surface area (Å²) >= 11 is 7.19. The zero-order chi connectivity index (χ0) is 20.8. The van der Waals surface area contributed by atoms with Gasteiger partial charge in [-0.25, -0.2) is 9.78 Å². The summed E-state index contributed by atoms with van der Waals surface area (Å²) in [6.07, 6.45) is 0. The third kappa shape index (κ3) is 5.97. The van der Waals surface area contributed by atoms with Gasteiger partial charge in [-0.15, -0.1) is 11.3 Å². The van der Waals surface area contributed by atoms with Crippen LogP contribution in [0.25, 0.3) is 10.6 Å². The van der Waals surface area contributed by atoms with Gasteiger partial charge in [-0.3, -0.25) is 4.79 Å². The van der Waals surface area contributed by atoms with E-state index in [2.05, 4.69) is 15.0 Å². The van der Waals surface area contributed by atoms with Crippen LogP contribution < -0.4 is 10.1 Å². The van der Waals surface area contributed by atoms with E-state index in [9.17, 15) is 18.4 Å². The minimum Gasteiger partial charge on any atom is -0.451 e. The number of nitrogens with zero attached hydrogens (tertiary/aromatic N) is 1. The van der Waals surface area contributed by atoms with E-state index in [1.54, 1.807) is 18.2 Å². The molecule has 1 aromatic heterocycles. The Morgan fingerprint density at radius 1 is 1.17 bits per heavy atom. The van der Waals surface area contributed by atoms with Crippen LogP contribution in [0.2, 0.25) is 5.02 Å². The Morgan fingerprint density at radius 3 is 2.62 bits per heavy atom. The molecule has 10 heteroatoms. The summed E-state index contributed by atoms with van der Waals surface area (Å²) in [4.78, 5) is 28.2. The van der Waals surface area contributed by atoms with Gasteiger partial charge in [0.25, 0.3) is 5.91 Å². The van der Waals surface area contributed by atoms with Gasteiger partial charge in [0.05, 0.1) is 0 Å². The van der Waals surface area contributed by atoms with E-state index in [4.69, 9.17) is 16.3 Å². The standard InChI is InChI=1S/C19H13ClF2N2O4S/c20-12-3-1-2-11(8-12)17-24-15(10-29-17)18(26)27-9-16(25)23-13-4-6-14(7-5-13)28-19(21)22/h1-8,10,19H,9H2,(H,23,25). The highest BCUT2D eigenvalue weighted by molar-refractivity contribution is 7.13. The van der Waals surface area contributed by atoms with Gasteiger partial charge < -0.3 is 14.8 Å². The molecule has 0 aliphatic carbocycles. The number of thiazole rings is 1. The van der Waals surface area contributed by atoms with Crippen LogP contribution in [-0.2, 0) is 9.53 Å². The molecule has 150 valence electrons. The number of rotatable bonds is 7. The average Bonchev–Trinajstić information content (AvgIpc) is 3.18. The number of anilines is 1. The van der Waals surface area contributed by atoms with Crippen molar-refractivity contribution in [3.8, 4) is 16.3 Å². The van der Waals surface area contributed by atoms with Gasteiger partial charge in [0, 0.05) is 21.7 Å². The predicted octanol–water partition coefficient (Wildman–Crippen LogP) is 4.86. The molecule has 3 aromatic rings. The topological polar surface area (TPSA) is 77.5 Å². The molecule has 0 atom stereocenters. The van der Waals surface area contributed by atoms with E-state index < -0.39 is 25.1 Å². The summed E-state index contributed by atoms with van der Waals surface area (Å²) in [7, 11) is 0. The number of carbonyl (C=O) groups is 2. The monoisotopic (exact) mass is 438 g/mol. The molecule has 3 rings (SSSR count). The summed E-state index contributed by atoms with van der Waals surface area (Å²) in [5.41, 5.74) is 1.18. The van der Waals surface area contributed by atoms with E-state index in [0.717, 1.165) is 5.56 Å². The van der Waals surface area contributed by atoms with Crippen molar-refractivity contribution < 1.29 is 27.8 Å². The van der Waals surface area contributed by atoms with Crippen LogP contribution in [-0.4, -0.2) is 30.1 Å². The van der Waals surface area contributed by atoms with Crippen molar-refractivity contribution in [2.24, 2.45) is 0 Å². The highest BCUT2D eigenvalue weighted by Crippen LogP contribution is 2.26. The number of alkyl halides is 2. The molecule has 0 bridgehead atoms. The average molecular weight is 439 g/mol. The first kappa shape index (κ1) is 20.7. The predicted molar refractivity (Wildman–Crippen MR) is 105 cm³/mol. The van der Waals surface area contributed by atoms with Crippen molar-refractivity contribution in [3.05, 3.63) is 64.6 Å². The van der Waals surface area contributed by atoms with Gasteiger partial charge in [-0.1, -0.05) is 23.7 Å². The number of halogens is 3. The zero-order valence-electron chi connectivity index (χ0n) is 14.6. The van der Waals surface area contributed by atoms with Crippen molar-refractivity contribution in [2.45, 2.75) is 6.61 Å². The maximum atomic E-state index is 12.1. The molecule has 1 N–H and O–H groups in total. The van der Waals surface area contributed by atoms with Crippen molar-refractivity contribution >= 4 is 40.5 Å². The molecule has 0 saturated heterocycles. The summed E-state index contributed by atoms with van der Waals surface area (Å²) in [5.74, 6) is -1.38. The van der Waals surface area contributed by atoms with Crippen LogP contribution in [0.5, 0.6) is 5.75 Å². The van der Waals surface area contributed by atoms with Crippen LogP contribution in [0, 0.1) is 0 Å². The lowest BCUT2D eigenvalue weighted by Gasteiger charge is -2.07. The molecule has 1 heterocycles. The first-order chi connectivity index (χ1) is 13.9. The lowest BCUT2D eigenvalue weighted by molar-refractivity contribution is -0.119. The summed E-state index contributed by atoms with van der Waals surface area (Å²) < 4.78 is 33.4. The Balaban J connectivity index is 1.52. The van der Waals surface area contributed by atoms with Crippen LogP contribution in [0.1, 0.15) is 10.5 Å². The number of nitrogens with one attached hydrogen (secondary N) is 1. The van der Waals surface area contributed by atoms with Gasteiger partial charge in [-0.05, 0) is 36.4 Å². The number of hydrogen-bond acceptors (Lipinski definition) is 6. The van der Waals surface area contributed by atoms with Crippen molar-refractivity contribution in [1.82, 2.24) is 4.98 Å². The number of esters is 1. The number of ether oxygens (including phenoxy) is 2. The quantitative estimate of drug-likeness (QED) is 0.533. The second kappa shape index (κ2) is 9.44. The molecule has 0 unspecified atom stereocenters. The Morgan fingerprint density at radius 2 is 1.93 bits per heavy atom. The second-order valence-electron chi connectivity index (χ2n) is 5.58. The highest BCUT2D eigenvalue weighted by atomic mass is 35.5. The Labute approximate surface area is 173 Å². The molecule has 0 spiro atoms. The summed E-state index contributed by atoms with van der Waals surface area (Å²) in [5, 5.41) is 5.14. The third-order valence-electron chi connectivity index (χ3n) is 3.48. The molecule has 1 amide bonds. The Bertz CT molecular complexity index is 1010. The molecule has 0 saturated carbocycles. The number of hydrogen-bond donors (Lipinski definition) is 1. The van der Waals surface area contributed by atoms with Crippen LogP contribution in [0.15, 0.2) is 53.9 Å². The molecule has 29 heavy (non-hydrogen) atoms. The molecule has 0 aliphatic rings. The van der Waals surface area contributed by atoms with Gasteiger partial charge in [0.2, 0.25) is 0 Å². The van der Waals surface area contributed by atoms with Gasteiger partial charge >= 0.3 is 12.6 Å². The minimum atomic E-state index is -2.93. The lowest BCUT2D eigenvalue weighted by Crippen LogP contribution is -2.21. The van der Waals surface area contributed by atoms with E-state index in [-0.39, 0.29) is 11.4 Å². The van der Waals surface area contributed by atoms with E-state index >= 15 is 0 Å². The Hall–Kier alpha value is -3.04. The molecular formula is C19H13ClF2N2O4S. The summed E-state index contributed by atoms with van der Waals surface area (Å²) in [6.45, 7) is -3.46. The lowest BCUT2D eigenvalue weighted by atomic mass is 10.2. The minimum absolute atomic E-state index is 0.0385. The van der Waals surface area contributed by atoms with Crippen LogP contribution in [0.4, 0.5) is 14.5 Å². The number of benzene rings is 2. The fourth-order valence-electron chi connectivity index (χ4n) is 2.24. The van der Waals surface area contributed by atoms with Crippen molar-refractivity contribution in [1.29, 1.82) is 0 Å². The molecule has 2 aromatic carbocycles. The van der Waals surface area contributed by atoms with E-state index in [1.807, 2.05) is 6.07 Å². The first-order valence-corrected chi connectivity index (χ1v) is 9.40. The number of amides is 1. The first-order valence-electron chi connectivity index (χ1n) is 8.14. The van der Waals surface area contributed by atoms with Gasteiger partial charge in [0.15, 0.2) is 12.3 Å². The molecule has 0 fully saturated rings. The third-order valence-corrected chi connectivity index (χ3v) is 4.61. The summed E-state index contributed by atoms with van der Waals surface area (Å²) in [6, 6.07) is 12.4. The van der Waals surface area contributed by atoms with E-state index in [0.29, 0.717) is 15.7 Å². The fourth-order valence-corrected chi connectivity index (χ4v) is 3.22. The molecule has 0 radical (unpaired) electrons. The maximum absolute atomic E-state index is 12.1. The largest absolute Gasteiger partial charge is 0.451 e. The molecule has 0 aliphatic heterocycles. The smallest absolute Gasteiger partial charge is 0.387 e.